The molecule has 0 amide bonds. The fourth-order valence-corrected chi connectivity index (χ4v) is 2.49. The second kappa shape index (κ2) is 12.5. The molecule has 0 saturated carbocycles. The van der Waals surface area contributed by atoms with E-state index in [4.69, 9.17) is 9.47 Å². The first kappa shape index (κ1) is 21.2. The normalized spacial score (nSPS) is 17.4. The van der Waals surface area contributed by atoms with Crippen molar-refractivity contribution in [3.8, 4) is 0 Å². The predicted molar refractivity (Wildman–Crippen MR) is 109 cm³/mol. The number of halogens is 1. The van der Waals surface area contributed by atoms with Crippen LogP contribution in [0.15, 0.2) is 29.3 Å². The molecule has 0 aromatic heterocycles. The van der Waals surface area contributed by atoms with Crippen LogP contribution in [0.4, 0.5) is 0 Å². The van der Waals surface area contributed by atoms with E-state index in [1.165, 1.54) is 11.1 Å². The van der Waals surface area contributed by atoms with Crippen molar-refractivity contribution in [2.24, 2.45) is 4.99 Å². The molecule has 136 valence electrons. The third kappa shape index (κ3) is 7.81. The fraction of sp³-hybridized carbons (Fsp3) is 0.611. The van der Waals surface area contributed by atoms with Gasteiger partial charge in [0.15, 0.2) is 5.96 Å². The van der Waals surface area contributed by atoms with Crippen LogP contribution in [-0.4, -0.2) is 38.4 Å². The summed E-state index contributed by atoms with van der Waals surface area (Å²) in [6.45, 7) is 8.72. The van der Waals surface area contributed by atoms with Gasteiger partial charge in [0.25, 0.3) is 0 Å². The Kier molecular flexibility index (Phi) is 11.0. The van der Waals surface area contributed by atoms with Gasteiger partial charge in [0.05, 0.1) is 19.3 Å². The Labute approximate surface area is 162 Å². The smallest absolute Gasteiger partial charge is 0.191 e. The fourth-order valence-electron chi connectivity index (χ4n) is 2.49. The molecule has 1 fully saturated rings. The Morgan fingerprint density at radius 2 is 1.96 bits per heavy atom. The lowest BCUT2D eigenvalue weighted by molar-refractivity contribution is 0.114. The highest BCUT2D eigenvalue weighted by Crippen LogP contribution is 2.10. The standard InChI is InChI=1S/C18H29N3O2.HI/c1-3-19-18(21-13-17-6-5-11-23-17)20-12-15-7-9-16(10-8-15)14-22-4-2;/h7-10,17H,3-6,11-14H2,1-2H3,(H2,19,20,21);1H. The molecule has 1 heterocycles. The monoisotopic (exact) mass is 447 g/mol. The Morgan fingerprint density at radius 1 is 1.21 bits per heavy atom. The summed E-state index contributed by atoms with van der Waals surface area (Å²) in [6, 6.07) is 8.43. The Balaban J connectivity index is 0.00000288. The molecular weight excluding hydrogens is 417 g/mol. The molecule has 0 bridgehead atoms. The van der Waals surface area contributed by atoms with Crippen LogP contribution in [0.1, 0.15) is 37.8 Å². The van der Waals surface area contributed by atoms with E-state index < -0.39 is 0 Å². The maximum atomic E-state index is 5.63. The highest BCUT2D eigenvalue weighted by atomic mass is 127. The van der Waals surface area contributed by atoms with Crippen molar-refractivity contribution in [1.82, 2.24) is 10.6 Å². The number of ether oxygens (including phenoxy) is 2. The average molecular weight is 447 g/mol. The first-order chi connectivity index (χ1) is 11.3. The molecule has 1 unspecified atom stereocenters. The summed E-state index contributed by atoms with van der Waals surface area (Å²) in [5.41, 5.74) is 2.39. The van der Waals surface area contributed by atoms with Gasteiger partial charge in [-0.1, -0.05) is 24.3 Å². The van der Waals surface area contributed by atoms with Crippen LogP contribution >= 0.6 is 24.0 Å². The molecular formula is C18H30IN3O2. The molecule has 1 aliphatic heterocycles. The summed E-state index contributed by atoms with van der Waals surface area (Å²) in [5.74, 6) is 0.849. The van der Waals surface area contributed by atoms with Crippen LogP contribution in [0.5, 0.6) is 0 Å². The van der Waals surface area contributed by atoms with Gasteiger partial charge in [0, 0.05) is 26.3 Å². The van der Waals surface area contributed by atoms with E-state index in [0.717, 1.165) is 45.1 Å². The number of rotatable bonds is 8. The van der Waals surface area contributed by atoms with Gasteiger partial charge >= 0.3 is 0 Å². The lowest BCUT2D eigenvalue weighted by atomic mass is 10.1. The van der Waals surface area contributed by atoms with E-state index in [9.17, 15) is 0 Å². The summed E-state index contributed by atoms with van der Waals surface area (Å²) in [4.78, 5) is 4.64. The molecule has 1 aromatic rings. The van der Waals surface area contributed by atoms with Gasteiger partial charge in [-0.05, 0) is 37.8 Å². The molecule has 0 radical (unpaired) electrons. The molecule has 1 aliphatic rings. The van der Waals surface area contributed by atoms with Crippen molar-refractivity contribution in [1.29, 1.82) is 0 Å². The van der Waals surface area contributed by atoms with Gasteiger partial charge < -0.3 is 20.1 Å². The molecule has 2 N–H and O–H groups in total. The molecule has 1 aromatic carbocycles. The largest absolute Gasteiger partial charge is 0.377 e. The molecule has 0 spiro atoms. The zero-order chi connectivity index (χ0) is 16.3. The van der Waals surface area contributed by atoms with Crippen LogP contribution in [0.25, 0.3) is 0 Å². The number of nitrogens with one attached hydrogen (secondary N) is 2. The van der Waals surface area contributed by atoms with Crippen molar-refractivity contribution in [3.05, 3.63) is 35.4 Å². The summed E-state index contributed by atoms with van der Waals surface area (Å²) in [5, 5.41) is 6.65. The van der Waals surface area contributed by atoms with Crippen LogP contribution in [-0.2, 0) is 22.6 Å². The second-order valence-corrected chi connectivity index (χ2v) is 5.66. The first-order valence-corrected chi connectivity index (χ1v) is 8.61. The molecule has 1 atom stereocenters. The van der Waals surface area contributed by atoms with E-state index in [2.05, 4.69) is 46.8 Å². The molecule has 0 aliphatic carbocycles. The lowest BCUT2D eigenvalue weighted by Crippen LogP contribution is -2.41. The number of guanidine groups is 1. The molecule has 6 heteroatoms. The first-order valence-electron chi connectivity index (χ1n) is 8.61. The maximum Gasteiger partial charge on any atom is 0.191 e. The van der Waals surface area contributed by atoms with Crippen LogP contribution in [0.2, 0.25) is 0 Å². The van der Waals surface area contributed by atoms with Crippen molar-refractivity contribution < 1.29 is 9.47 Å². The third-order valence-electron chi connectivity index (χ3n) is 3.78. The third-order valence-corrected chi connectivity index (χ3v) is 3.78. The minimum absolute atomic E-state index is 0. The average Bonchev–Trinajstić information content (AvgIpc) is 3.10. The Bertz CT molecular complexity index is 474. The Hall–Kier alpha value is -0.860. The zero-order valence-electron chi connectivity index (χ0n) is 14.7. The number of benzene rings is 1. The van der Waals surface area contributed by atoms with Crippen molar-refractivity contribution in [2.45, 2.75) is 45.9 Å². The van der Waals surface area contributed by atoms with Crippen LogP contribution in [0.3, 0.4) is 0 Å². The van der Waals surface area contributed by atoms with Crippen LogP contribution in [0, 0.1) is 0 Å². The summed E-state index contributed by atoms with van der Waals surface area (Å²) in [6.07, 6.45) is 2.61. The van der Waals surface area contributed by atoms with Gasteiger partial charge in [-0.2, -0.15) is 0 Å². The second-order valence-electron chi connectivity index (χ2n) is 5.66. The van der Waals surface area contributed by atoms with E-state index in [0.29, 0.717) is 19.3 Å². The van der Waals surface area contributed by atoms with Crippen molar-refractivity contribution >= 4 is 29.9 Å². The molecule has 1 saturated heterocycles. The maximum absolute atomic E-state index is 5.63. The van der Waals surface area contributed by atoms with Crippen molar-refractivity contribution in [2.75, 3.05) is 26.3 Å². The number of aliphatic imine (C=N–C) groups is 1. The minimum atomic E-state index is 0. The number of nitrogens with zero attached hydrogens (tertiary/aromatic N) is 1. The SMILES string of the molecule is CCNC(=NCc1ccc(COCC)cc1)NCC1CCCO1.I. The quantitative estimate of drug-likeness (QED) is 0.366. The molecule has 24 heavy (non-hydrogen) atoms. The summed E-state index contributed by atoms with van der Waals surface area (Å²) < 4.78 is 11.0. The number of hydrogen-bond donors (Lipinski definition) is 2. The van der Waals surface area contributed by atoms with Gasteiger partial charge in [0.1, 0.15) is 0 Å². The topological polar surface area (TPSA) is 54.9 Å². The minimum Gasteiger partial charge on any atom is -0.377 e. The molecule has 5 nitrogen and oxygen atoms in total. The predicted octanol–water partition coefficient (Wildman–Crippen LogP) is 3.08. The van der Waals surface area contributed by atoms with E-state index in [-0.39, 0.29) is 24.0 Å². The van der Waals surface area contributed by atoms with Gasteiger partial charge in [-0.15, -0.1) is 24.0 Å². The molecule has 2 rings (SSSR count). The number of hydrogen-bond acceptors (Lipinski definition) is 3. The van der Waals surface area contributed by atoms with E-state index in [1.807, 2.05) is 6.92 Å². The zero-order valence-corrected chi connectivity index (χ0v) is 17.0. The summed E-state index contributed by atoms with van der Waals surface area (Å²) >= 11 is 0. The summed E-state index contributed by atoms with van der Waals surface area (Å²) in [7, 11) is 0. The Morgan fingerprint density at radius 3 is 2.58 bits per heavy atom. The van der Waals surface area contributed by atoms with E-state index >= 15 is 0 Å². The van der Waals surface area contributed by atoms with Gasteiger partial charge in [0.2, 0.25) is 0 Å². The van der Waals surface area contributed by atoms with Crippen LogP contribution < -0.4 is 10.6 Å². The highest BCUT2D eigenvalue weighted by molar-refractivity contribution is 14.0. The van der Waals surface area contributed by atoms with E-state index in [1.54, 1.807) is 0 Å². The van der Waals surface area contributed by atoms with Gasteiger partial charge in [-0.25, -0.2) is 4.99 Å². The van der Waals surface area contributed by atoms with Gasteiger partial charge in [-0.3, -0.25) is 0 Å². The van der Waals surface area contributed by atoms with Crippen molar-refractivity contribution in [3.63, 3.8) is 0 Å². The highest BCUT2D eigenvalue weighted by Gasteiger charge is 2.15. The lowest BCUT2D eigenvalue weighted by Gasteiger charge is -2.14.